The lowest BCUT2D eigenvalue weighted by atomic mass is 10.2. The predicted octanol–water partition coefficient (Wildman–Crippen LogP) is 2.50. The first-order valence-corrected chi connectivity index (χ1v) is 6.10. The van der Waals surface area contributed by atoms with Crippen molar-refractivity contribution in [3.8, 4) is 0 Å². The summed E-state index contributed by atoms with van der Waals surface area (Å²) >= 11 is 1.70. The molecule has 0 amide bonds. The zero-order chi connectivity index (χ0) is 12.1. The topological polar surface area (TPSA) is 62.2 Å². The van der Waals surface area contributed by atoms with Gasteiger partial charge in [-0.2, -0.15) is 0 Å². The second-order valence-electron chi connectivity index (χ2n) is 3.46. The Bertz CT molecular complexity index is 497. The van der Waals surface area contributed by atoms with Crippen LogP contribution in [0.2, 0.25) is 0 Å². The summed E-state index contributed by atoms with van der Waals surface area (Å²) in [5.41, 5.74) is 0.634. The standard InChI is InChI=1S/C12H12N2O2S/c15-12(16)11-10(4-1-6-14-11)13-7-5-9-3-2-8-17-9/h1-4,6,8,13H,5,7H2,(H,15,16). The minimum Gasteiger partial charge on any atom is -0.476 e. The molecule has 0 fully saturated rings. The quantitative estimate of drug-likeness (QED) is 0.853. The smallest absolute Gasteiger partial charge is 0.356 e. The molecule has 0 radical (unpaired) electrons. The van der Waals surface area contributed by atoms with Crippen molar-refractivity contribution >= 4 is 23.0 Å². The molecule has 0 saturated carbocycles. The monoisotopic (exact) mass is 248 g/mol. The van der Waals surface area contributed by atoms with Crippen molar-refractivity contribution in [2.45, 2.75) is 6.42 Å². The van der Waals surface area contributed by atoms with Crippen LogP contribution in [0.25, 0.3) is 0 Å². The number of aromatic nitrogens is 1. The molecule has 2 aromatic heterocycles. The molecular formula is C12H12N2O2S. The molecule has 4 nitrogen and oxygen atoms in total. The summed E-state index contributed by atoms with van der Waals surface area (Å²) in [5.74, 6) is -1.01. The molecule has 2 rings (SSSR count). The van der Waals surface area contributed by atoms with Gasteiger partial charge in [0, 0.05) is 17.6 Å². The van der Waals surface area contributed by atoms with E-state index in [4.69, 9.17) is 5.11 Å². The molecule has 0 spiro atoms. The summed E-state index contributed by atoms with van der Waals surface area (Å²) in [4.78, 5) is 16.0. The maximum absolute atomic E-state index is 10.9. The molecule has 88 valence electrons. The second kappa shape index (κ2) is 5.45. The Morgan fingerprint density at radius 1 is 1.41 bits per heavy atom. The van der Waals surface area contributed by atoms with Gasteiger partial charge >= 0.3 is 5.97 Å². The van der Waals surface area contributed by atoms with Gasteiger partial charge < -0.3 is 10.4 Å². The van der Waals surface area contributed by atoms with Crippen molar-refractivity contribution in [3.63, 3.8) is 0 Å². The van der Waals surface area contributed by atoms with E-state index in [1.54, 1.807) is 23.5 Å². The molecule has 0 aliphatic carbocycles. The number of carboxylic acid groups (broad SMARTS) is 1. The number of hydrogen-bond acceptors (Lipinski definition) is 4. The number of aromatic carboxylic acids is 1. The van der Waals surface area contributed by atoms with Gasteiger partial charge in [0.2, 0.25) is 0 Å². The molecule has 0 unspecified atom stereocenters. The minimum atomic E-state index is -1.01. The lowest BCUT2D eigenvalue weighted by molar-refractivity contribution is 0.0691. The van der Waals surface area contributed by atoms with Gasteiger partial charge in [0.05, 0.1) is 5.69 Å². The van der Waals surface area contributed by atoms with Crippen molar-refractivity contribution in [2.75, 3.05) is 11.9 Å². The van der Waals surface area contributed by atoms with Gasteiger partial charge in [-0.15, -0.1) is 11.3 Å². The summed E-state index contributed by atoms with van der Waals surface area (Å²) in [6.45, 7) is 0.701. The van der Waals surface area contributed by atoms with Crippen LogP contribution in [0.5, 0.6) is 0 Å². The van der Waals surface area contributed by atoms with Crippen LogP contribution < -0.4 is 5.32 Å². The lowest BCUT2D eigenvalue weighted by Gasteiger charge is -2.07. The Balaban J connectivity index is 1.97. The number of thiophene rings is 1. The molecule has 5 heteroatoms. The van der Waals surface area contributed by atoms with Gasteiger partial charge in [-0.05, 0) is 30.0 Å². The highest BCUT2D eigenvalue weighted by Crippen LogP contribution is 2.13. The number of nitrogens with one attached hydrogen (secondary N) is 1. The summed E-state index contributed by atoms with van der Waals surface area (Å²) in [6.07, 6.45) is 2.36. The Morgan fingerprint density at radius 3 is 3.00 bits per heavy atom. The van der Waals surface area contributed by atoms with E-state index < -0.39 is 5.97 Å². The third-order valence-corrected chi connectivity index (χ3v) is 3.21. The molecule has 0 bridgehead atoms. The average Bonchev–Trinajstić information content (AvgIpc) is 2.82. The molecule has 0 saturated heterocycles. The second-order valence-corrected chi connectivity index (χ2v) is 4.49. The van der Waals surface area contributed by atoms with Crippen molar-refractivity contribution in [1.29, 1.82) is 0 Å². The third kappa shape index (κ3) is 3.04. The van der Waals surface area contributed by atoms with Crippen LogP contribution in [0.3, 0.4) is 0 Å². The van der Waals surface area contributed by atoms with Gasteiger partial charge in [-0.1, -0.05) is 6.07 Å². The number of rotatable bonds is 5. The molecule has 0 aliphatic rings. The summed E-state index contributed by atoms with van der Waals surface area (Å²) < 4.78 is 0. The fourth-order valence-corrected chi connectivity index (χ4v) is 2.20. The van der Waals surface area contributed by atoms with Crippen LogP contribution in [-0.2, 0) is 6.42 Å². The number of carbonyl (C=O) groups is 1. The van der Waals surface area contributed by atoms with Crippen molar-refractivity contribution in [1.82, 2.24) is 4.98 Å². The SMILES string of the molecule is O=C(O)c1ncccc1NCCc1cccs1. The molecule has 2 heterocycles. The van der Waals surface area contributed by atoms with Crippen LogP contribution in [0.4, 0.5) is 5.69 Å². The Labute approximate surface area is 103 Å². The van der Waals surface area contributed by atoms with E-state index >= 15 is 0 Å². The van der Waals surface area contributed by atoms with Crippen LogP contribution in [0, 0.1) is 0 Å². The van der Waals surface area contributed by atoms with E-state index in [-0.39, 0.29) is 5.69 Å². The summed E-state index contributed by atoms with van der Waals surface area (Å²) in [7, 11) is 0. The van der Waals surface area contributed by atoms with Crippen LogP contribution >= 0.6 is 11.3 Å². The number of hydrogen-bond donors (Lipinski definition) is 2. The van der Waals surface area contributed by atoms with Crippen LogP contribution in [0.15, 0.2) is 35.8 Å². The van der Waals surface area contributed by atoms with E-state index in [0.29, 0.717) is 12.2 Å². The van der Waals surface area contributed by atoms with Crippen LogP contribution in [0.1, 0.15) is 15.4 Å². The van der Waals surface area contributed by atoms with Crippen molar-refractivity contribution in [2.24, 2.45) is 0 Å². The number of anilines is 1. The van der Waals surface area contributed by atoms with Crippen molar-refractivity contribution < 1.29 is 9.90 Å². The highest BCUT2D eigenvalue weighted by molar-refractivity contribution is 7.09. The van der Waals surface area contributed by atoms with Gasteiger partial charge in [0.25, 0.3) is 0 Å². The van der Waals surface area contributed by atoms with E-state index in [9.17, 15) is 4.79 Å². The first-order chi connectivity index (χ1) is 8.27. The number of carboxylic acids is 1. The number of pyridine rings is 1. The van der Waals surface area contributed by atoms with Gasteiger partial charge in [-0.25, -0.2) is 9.78 Å². The first kappa shape index (κ1) is 11.6. The zero-order valence-electron chi connectivity index (χ0n) is 9.09. The molecule has 2 N–H and O–H groups in total. The van der Waals surface area contributed by atoms with Crippen LogP contribution in [-0.4, -0.2) is 22.6 Å². The third-order valence-electron chi connectivity index (χ3n) is 2.28. The Hall–Kier alpha value is -1.88. The normalized spacial score (nSPS) is 10.1. The van der Waals surface area contributed by atoms with E-state index in [1.165, 1.54) is 11.1 Å². The van der Waals surface area contributed by atoms with Gasteiger partial charge in [0.1, 0.15) is 0 Å². The highest BCUT2D eigenvalue weighted by Gasteiger charge is 2.09. The first-order valence-electron chi connectivity index (χ1n) is 5.22. The summed E-state index contributed by atoms with van der Waals surface area (Å²) in [6, 6.07) is 7.52. The lowest BCUT2D eigenvalue weighted by Crippen LogP contribution is -2.10. The highest BCUT2D eigenvalue weighted by atomic mass is 32.1. The molecular weight excluding hydrogens is 236 g/mol. The molecule has 0 aliphatic heterocycles. The van der Waals surface area contributed by atoms with E-state index in [1.807, 2.05) is 11.4 Å². The van der Waals surface area contributed by atoms with Gasteiger partial charge in [0.15, 0.2) is 5.69 Å². The zero-order valence-corrected chi connectivity index (χ0v) is 9.91. The number of nitrogens with zero attached hydrogens (tertiary/aromatic N) is 1. The Morgan fingerprint density at radius 2 is 2.29 bits per heavy atom. The largest absolute Gasteiger partial charge is 0.476 e. The molecule has 2 aromatic rings. The maximum atomic E-state index is 10.9. The maximum Gasteiger partial charge on any atom is 0.356 e. The van der Waals surface area contributed by atoms with Gasteiger partial charge in [-0.3, -0.25) is 0 Å². The van der Waals surface area contributed by atoms with Crippen molar-refractivity contribution in [3.05, 3.63) is 46.4 Å². The molecule has 0 atom stereocenters. The molecule has 17 heavy (non-hydrogen) atoms. The fourth-order valence-electron chi connectivity index (χ4n) is 1.49. The summed E-state index contributed by atoms with van der Waals surface area (Å²) in [5, 5.41) is 14.1. The fraction of sp³-hybridized carbons (Fsp3) is 0.167. The average molecular weight is 248 g/mol. The van der Waals surface area contributed by atoms with E-state index in [0.717, 1.165) is 6.42 Å². The Kier molecular flexibility index (Phi) is 3.72. The van der Waals surface area contributed by atoms with E-state index in [2.05, 4.69) is 16.4 Å². The minimum absolute atomic E-state index is 0.0682. The molecule has 0 aromatic carbocycles. The predicted molar refractivity (Wildman–Crippen MR) is 67.7 cm³/mol.